The van der Waals surface area contributed by atoms with Crippen molar-refractivity contribution in [3.63, 3.8) is 0 Å². The zero-order chi connectivity index (χ0) is 10.7. The molecule has 1 fully saturated rings. The van der Waals surface area contributed by atoms with Gasteiger partial charge in [0.15, 0.2) is 0 Å². The Kier molecular flexibility index (Phi) is 2.91. The topological polar surface area (TPSA) is 75.9 Å². The quantitative estimate of drug-likeness (QED) is 0.642. The second-order valence-electron chi connectivity index (χ2n) is 3.65. The monoisotopic (exact) mass is 210 g/mol. The molecule has 1 atom stereocenters. The highest BCUT2D eigenvalue weighted by Gasteiger charge is 2.22. The molecule has 0 unspecified atom stereocenters. The summed E-state index contributed by atoms with van der Waals surface area (Å²) >= 11 is 0. The highest BCUT2D eigenvalue weighted by molar-refractivity contribution is 5.76. The summed E-state index contributed by atoms with van der Waals surface area (Å²) in [7, 11) is 0. The van der Waals surface area contributed by atoms with Crippen molar-refractivity contribution >= 4 is 5.91 Å². The van der Waals surface area contributed by atoms with E-state index in [1.807, 2.05) is 11.8 Å². The third kappa shape index (κ3) is 2.30. The van der Waals surface area contributed by atoms with Crippen LogP contribution in [0.4, 0.5) is 0 Å². The Labute approximate surface area is 87.4 Å². The molecule has 1 aliphatic rings. The van der Waals surface area contributed by atoms with Crippen molar-refractivity contribution in [1.29, 1.82) is 0 Å². The van der Waals surface area contributed by atoms with Crippen LogP contribution in [-0.4, -0.2) is 56.7 Å². The SMILES string of the molecule is C[C@H]1CNCCN1C(=O)Cn1cnnn1. The zero-order valence-corrected chi connectivity index (χ0v) is 8.63. The van der Waals surface area contributed by atoms with Crippen LogP contribution in [0, 0.1) is 0 Å². The molecule has 1 aliphatic heterocycles. The van der Waals surface area contributed by atoms with Gasteiger partial charge in [-0.05, 0) is 17.4 Å². The Hall–Kier alpha value is -1.50. The number of nitrogens with zero attached hydrogens (tertiary/aromatic N) is 5. The predicted octanol–water partition coefficient (Wildman–Crippen LogP) is -1.51. The lowest BCUT2D eigenvalue weighted by atomic mass is 10.2. The number of nitrogens with one attached hydrogen (secondary N) is 1. The minimum atomic E-state index is 0.0660. The van der Waals surface area contributed by atoms with Gasteiger partial charge in [-0.15, -0.1) is 5.10 Å². The summed E-state index contributed by atoms with van der Waals surface area (Å²) in [4.78, 5) is 13.7. The van der Waals surface area contributed by atoms with Crippen LogP contribution < -0.4 is 5.32 Å². The summed E-state index contributed by atoms with van der Waals surface area (Å²) in [5.41, 5.74) is 0. The Morgan fingerprint density at radius 3 is 3.20 bits per heavy atom. The molecule has 0 aromatic carbocycles. The van der Waals surface area contributed by atoms with E-state index in [0.29, 0.717) is 0 Å². The van der Waals surface area contributed by atoms with Crippen LogP contribution in [0.3, 0.4) is 0 Å². The molecule has 2 rings (SSSR count). The Morgan fingerprint density at radius 1 is 1.67 bits per heavy atom. The number of hydrogen-bond acceptors (Lipinski definition) is 5. The van der Waals surface area contributed by atoms with Crippen molar-refractivity contribution in [3.05, 3.63) is 6.33 Å². The van der Waals surface area contributed by atoms with Gasteiger partial charge in [-0.25, -0.2) is 4.68 Å². The van der Waals surface area contributed by atoms with Crippen LogP contribution in [0.15, 0.2) is 6.33 Å². The number of rotatable bonds is 2. The van der Waals surface area contributed by atoms with Crippen molar-refractivity contribution < 1.29 is 4.79 Å². The van der Waals surface area contributed by atoms with Gasteiger partial charge in [0.05, 0.1) is 0 Å². The zero-order valence-electron chi connectivity index (χ0n) is 8.63. The number of aromatic nitrogens is 4. The van der Waals surface area contributed by atoms with Crippen molar-refractivity contribution in [3.8, 4) is 0 Å². The second kappa shape index (κ2) is 4.35. The fraction of sp³-hybridized carbons (Fsp3) is 0.750. The van der Waals surface area contributed by atoms with E-state index in [-0.39, 0.29) is 18.5 Å². The van der Waals surface area contributed by atoms with Crippen molar-refractivity contribution in [1.82, 2.24) is 30.4 Å². The molecule has 1 aromatic rings. The van der Waals surface area contributed by atoms with E-state index in [2.05, 4.69) is 20.8 Å². The van der Waals surface area contributed by atoms with Gasteiger partial charge >= 0.3 is 0 Å². The van der Waals surface area contributed by atoms with E-state index >= 15 is 0 Å². The minimum absolute atomic E-state index is 0.0660. The molecular formula is C8H14N6O. The third-order valence-electron chi connectivity index (χ3n) is 2.51. The summed E-state index contributed by atoms with van der Waals surface area (Å²) in [6.45, 7) is 4.70. The molecule has 2 heterocycles. The number of hydrogen-bond donors (Lipinski definition) is 1. The first kappa shape index (κ1) is 10.0. The van der Waals surface area contributed by atoms with Crippen LogP contribution in [-0.2, 0) is 11.3 Å². The highest BCUT2D eigenvalue weighted by Crippen LogP contribution is 2.03. The molecule has 1 amide bonds. The van der Waals surface area contributed by atoms with Crippen LogP contribution in [0.1, 0.15) is 6.92 Å². The Balaban J connectivity index is 1.95. The summed E-state index contributed by atoms with van der Waals surface area (Å²) < 4.78 is 1.44. The number of amides is 1. The van der Waals surface area contributed by atoms with Crippen molar-refractivity contribution in [2.75, 3.05) is 19.6 Å². The molecule has 0 aliphatic carbocycles. The lowest BCUT2D eigenvalue weighted by Gasteiger charge is -2.33. The highest BCUT2D eigenvalue weighted by atomic mass is 16.2. The first-order valence-electron chi connectivity index (χ1n) is 4.98. The van der Waals surface area contributed by atoms with Gasteiger partial charge in [-0.1, -0.05) is 0 Å². The number of tetrazole rings is 1. The third-order valence-corrected chi connectivity index (χ3v) is 2.51. The molecular weight excluding hydrogens is 196 g/mol. The Morgan fingerprint density at radius 2 is 2.53 bits per heavy atom. The lowest BCUT2D eigenvalue weighted by molar-refractivity contribution is -0.134. The van der Waals surface area contributed by atoms with E-state index in [1.165, 1.54) is 11.0 Å². The molecule has 1 aromatic heterocycles. The van der Waals surface area contributed by atoms with Crippen LogP contribution in [0.5, 0.6) is 0 Å². The predicted molar refractivity (Wildman–Crippen MR) is 51.9 cm³/mol. The lowest BCUT2D eigenvalue weighted by Crippen LogP contribution is -2.53. The normalized spacial score (nSPS) is 21.7. The maximum Gasteiger partial charge on any atom is 0.244 e. The summed E-state index contributed by atoms with van der Waals surface area (Å²) in [6, 6.07) is 0.239. The van der Waals surface area contributed by atoms with Crippen molar-refractivity contribution in [2.45, 2.75) is 19.5 Å². The number of carbonyl (C=O) groups is 1. The molecule has 0 saturated carbocycles. The van der Waals surface area contributed by atoms with E-state index in [9.17, 15) is 4.79 Å². The maximum absolute atomic E-state index is 11.9. The molecule has 7 nitrogen and oxygen atoms in total. The summed E-state index contributed by atoms with van der Waals surface area (Å²) in [5.74, 6) is 0.0660. The smallest absolute Gasteiger partial charge is 0.244 e. The van der Waals surface area contributed by atoms with Gasteiger partial charge in [0, 0.05) is 25.7 Å². The molecule has 15 heavy (non-hydrogen) atoms. The second-order valence-corrected chi connectivity index (χ2v) is 3.65. The first-order chi connectivity index (χ1) is 7.27. The van der Waals surface area contributed by atoms with Gasteiger partial charge in [0.1, 0.15) is 12.9 Å². The molecule has 82 valence electrons. The molecule has 0 bridgehead atoms. The van der Waals surface area contributed by atoms with Crippen LogP contribution >= 0.6 is 0 Å². The standard InChI is InChI=1S/C8H14N6O/c1-7-4-9-2-3-14(7)8(15)5-13-6-10-11-12-13/h6-7,9H,2-5H2,1H3/t7-/m0/s1. The van der Waals surface area contributed by atoms with Crippen LogP contribution in [0.2, 0.25) is 0 Å². The van der Waals surface area contributed by atoms with E-state index < -0.39 is 0 Å². The van der Waals surface area contributed by atoms with Gasteiger partial charge in [-0.2, -0.15) is 0 Å². The number of piperazine rings is 1. The largest absolute Gasteiger partial charge is 0.336 e. The van der Waals surface area contributed by atoms with E-state index in [0.717, 1.165) is 19.6 Å². The molecule has 7 heteroatoms. The maximum atomic E-state index is 11.9. The fourth-order valence-corrected chi connectivity index (χ4v) is 1.69. The van der Waals surface area contributed by atoms with E-state index in [1.54, 1.807) is 0 Å². The van der Waals surface area contributed by atoms with Gasteiger partial charge in [0.25, 0.3) is 0 Å². The summed E-state index contributed by atoms with van der Waals surface area (Å²) in [6.07, 6.45) is 1.45. The summed E-state index contributed by atoms with van der Waals surface area (Å²) in [5, 5.41) is 13.9. The molecule has 1 N–H and O–H groups in total. The molecule has 0 radical (unpaired) electrons. The first-order valence-corrected chi connectivity index (χ1v) is 4.98. The average Bonchev–Trinajstić information content (AvgIpc) is 2.71. The average molecular weight is 210 g/mol. The van der Waals surface area contributed by atoms with Gasteiger partial charge in [0.2, 0.25) is 5.91 Å². The number of carbonyl (C=O) groups excluding carboxylic acids is 1. The van der Waals surface area contributed by atoms with Gasteiger partial charge in [-0.3, -0.25) is 4.79 Å². The minimum Gasteiger partial charge on any atom is -0.336 e. The molecule has 1 saturated heterocycles. The molecule has 0 spiro atoms. The van der Waals surface area contributed by atoms with Crippen LogP contribution in [0.25, 0.3) is 0 Å². The fourth-order valence-electron chi connectivity index (χ4n) is 1.69. The van der Waals surface area contributed by atoms with E-state index in [4.69, 9.17) is 0 Å². The Bertz CT molecular complexity index is 324. The van der Waals surface area contributed by atoms with Crippen molar-refractivity contribution in [2.24, 2.45) is 0 Å². The van der Waals surface area contributed by atoms with Gasteiger partial charge < -0.3 is 10.2 Å².